The number of aryl methyl sites for hydroxylation is 1. The highest BCUT2D eigenvalue weighted by Crippen LogP contribution is 2.34. The van der Waals surface area contributed by atoms with Gasteiger partial charge in [-0.2, -0.15) is 0 Å². The van der Waals surface area contributed by atoms with Gasteiger partial charge in [0.2, 0.25) is 0 Å². The van der Waals surface area contributed by atoms with Crippen molar-refractivity contribution in [3.8, 4) is 11.5 Å². The topological polar surface area (TPSA) is 47.6 Å². The zero-order valence-electron chi connectivity index (χ0n) is 13.7. The van der Waals surface area contributed by atoms with Gasteiger partial charge in [-0.15, -0.1) is 0 Å². The minimum absolute atomic E-state index is 0.0893. The fraction of sp³-hybridized carbons (Fsp3) is 0.316. The number of hydrogen-bond donors (Lipinski definition) is 1. The van der Waals surface area contributed by atoms with E-state index in [4.69, 9.17) is 9.47 Å². The summed E-state index contributed by atoms with van der Waals surface area (Å²) in [6.07, 6.45) is 0. The van der Waals surface area contributed by atoms with Crippen LogP contribution in [0, 0.1) is 6.92 Å². The van der Waals surface area contributed by atoms with E-state index in [9.17, 15) is 4.79 Å². The minimum Gasteiger partial charge on any atom is -0.486 e. The first-order chi connectivity index (χ1) is 11.0. The molecule has 1 N–H and O–H groups in total. The Hall–Kier alpha value is -2.49. The highest BCUT2D eigenvalue weighted by atomic mass is 16.6. The van der Waals surface area contributed by atoms with Crippen LogP contribution in [-0.4, -0.2) is 19.1 Å². The number of ether oxygens (including phenoxy) is 2. The van der Waals surface area contributed by atoms with Crippen LogP contribution < -0.4 is 14.8 Å². The second-order valence-electron chi connectivity index (χ2n) is 6.31. The van der Waals surface area contributed by atoms with E-state index in [0.717, 1.165) is 22.6 Å². The highest BCUT2D eigenvalue weighted by molar-refractivity contribution is 5.94. The second kappa shape index (κ2) is 5.95. The highest BCUT2D eigenvalue weighted by Gasteiger charge is 2.25. The van der Waals surface area contributed by atoms with Crippen molar-refractivity contribution in [1.82, 2.24) is 5.32 Å². The molecule has 3 rings (SSSR count). The molecule has 0 bridgehead atoms. The summed E-state index contributed by atoms with van der Waals surface area (Å²) in [5.74, 6) is 1.39. The van der Waals surface area contributed by atoms with Crippen LogP contribution in [0.1, 0.15) is 35.3 Å². The molecule has 4 nitrogen and oxygen atoms in total. The number of carbonyl (C=O) groups is 1. The van der Waals surface area contributed by atoms with Gasteiger partial charge in [0.15, 0.2) is 11.5 Å². The van der Waals surface area contributed by atoms with E-state index in [0.29, 0.717) is 18.8 Å². The molecule has 0 atom stereocenters. The standard InChI is InChI=1S/C19H21NO3/c1-13-5-4-6-14(11-13)18(21)20-19(2,3)15-7-8-16-17(12-15)23-10-9-22-16/h4-8,11-12H,9-10H2,1-3H3,(H,20,21). The monoisotopic (exact) mass is 311 g/mol. The smallest absolute Gasteiger partial charge is 0.251 e. The van der Waals surface area contributed by atoms with Gasteiger partial charge in [-0.25, -0.2) is 0 Å². The predicted molar refractivity (Wildman–Crippen MR) is 89.1 cm³/mol. The van der Waals surface area contributed by atoms with Crippen molar-refractivity contribution >= 4 is 5.91 Å². The van der Waals surface area contributed by atoms with Crippen LogP contribution in [0.15, 0.2) is 42.5 Å². The Morgan fingerprint density at radius 1 is 1.04 bits per heavy atom. The molecule has 1 amide bonds. The molecule has 0 fully saturated rings. The molecular weight excluding hydrogens is 290 g/mol. The van der Waals surface area contributed by atoms with E-state index in [1.54, 1.807) is 0 Å². The van der Waals surface area contributed by atoms with Gasteiger partial charge in [-0.05, 0) is 50.6 Å². The third kappa shape index (κ3) is 3.31. The summed E-state index contributed by atoms with van der Waals surface area (Å²) in [5, 5.41) is 3.09. The molecule has 23 heavy (non-hydrogen) atoms. The van der Waals surface area contributed by atoms with E-state index in [-0.39, 0.29) is 5.91 Å². The minimum atomic E-state index is -0.517. The van der Waals surface area contributed by atoms with Crippen molar-refractivity contribution < 1.29 is 14.3 Å². The Labute approximate surface area is 136 Å². The molecule has 4 heteroatoms. The normalized spacial score (nSPS) is 13.5. The first-order valence-corrected chi connectivity index (χ1v) is 7.75. The maximum atomic E-state index is 12.5. The quantitative estimate of drug-likeness (QED) is 0.944. The summed E-state index contributed by atoms with van der Waals surface area (Å²) in [6, 6.07) is 13.4. The van der Waals surface area contributed by atoms with Gasteiger partial charge in [0.05, 0.1) is 5.54 Å². The predicted octanol–water partition coefficient (Wildman–Crippen LogP) is 3.43. The summed E-state index contributed by atoms with van der Waals surface area (Å²) < 4.78 is 11.2. The third-order valence-electron chi connectivity index (χ3n) is 3.97. The molecule has 0 aliphatic carbocycles. The lowest BCUT2D eigenvalue weighted by Crippen LogP contribution is -2.41. The van der Waals surface area contributed by atoms with Gasteiger partial charge in [-0.3, -0.25) is 4.79 Å². The van der Waals surface area contributed by atoms with Gasteiger partial charge < -0.3 is 14.8 Å². The van der Waals surface area contributed by atoms with E-state index in [2.05, 4.69) is 5.32 Å². The molecule has 1 aliphatic rings. The Morgan fingerprint density at radius 2 is 1.78 bits per heavy atom. The van der Waals surface area contributed by atoms with Crippen LogP contribution in [0.25, 0.3) is 0 Å². The second-order valence-corrected chi connectivity index (χ2v) is 6.31. The Morgan fingerprint density at radius 3 is 2.52 bits per heavy atom. The molecule has 1 heterocycles. The van der Waals surface area contributed by atoms with Gasteiger partial charge in [-0.1, -0.05) is 23.8 Å². The van der Waals surface area contributed by atoms with Crippen LogP contribution in [0.4, 0.5) is 0 Å². The maximum absolute atomic E-state index is 12.5. The fourth-order valence-corrected chi connectivity index (χ4v) is 2.65. The number of carbonyl (C=O) groups excluding carboxylic acids is 1. The Kier molecular flexibility index (Phi) is 3.99. The van der Waals surface area contributed by atoms with Gasteiger partial charge >= 0.3 is 0 Å². The number of hydrogen-bond acceptors (Lipinski definition) is 3. The van der Waals surface area contributed by atoms with Crippen molar-refractivity contribution in [1.29, 1.82) is 0 Å². The molecular formula is C19H21NO3. The van der Waals surface area contributed by atoms with Crippen LogP contribution in [-0.2, 0) is 5.54 Å². The van der Waals surface area contributed by atoms with Crippen LogP contribution in [0.2, 0.25) is 0 Å². The van der Waals surface area contributed by atoms with E-state index >= 15 is 0 Å². The number of benzene rings is 2. The number of nitrogens with one attached hydrogen (secondary N) is 1. The van der Waals surface area contributed by atoms with Crippen molar-refractivity contribution in [2.75, 3.05) is 13.2 Å². The van der Waals surface area contributed by atoms with E-state index in [1.807, 2.05) is 63.2 Å². The first kappa shape index (κ1) is 15.4. The van der Waals surface area contributed by atoms with Crippen molar-refractivity contribution in [2.24, 2.45) is 0 Å². The number of amides is 1. The lowest BCUT2D eigenvalue weighted by Gasteiger charge is -2.29. The van der Waals surface area contributed by atoms with Gasteiger partial charge in [0, 0.05) is 5.56 Å². The van der Waals surface area contributed by atoms with Crippen molar-refractivity contribution in [3.05, 3.63) is 59.2 Å². The molecule has 0 spiro atoms. The molecule has 2 aromatic rings. The van der Waals surface area contributed by atoms with Crippen molar-refractivity contribution in [3.63, 3.8) is 0 Å². The average Bonchev–Trinajstić information content (AvgIpc) is 2.54. The number of rotatable bonds is 3. The van der Waals surface area contributed by atoms with Gasteiger partial charge in [0.1, 0.15) is 13.2 Å². The lowest BCUT2D eigenvalue weighted by atomic mass is 9.93. The zero-order chi connectivity index (χ0) is 16.4. The van der Waals surface area contributed by atoms with E-state index in [1.165, 1.54) is 0 Å². The average molecular weight is 311 g/mol. The largest absolute Gasteiger partial charge is 0.486 e. The van der Waals surface area contributed by atoms with Gasteiger partial charge in [0.25, 0.3) is 5.91 Å². The first-order valence-electron chi connectivity index (χ1n) is 7.75. The molecule has 1 aliphatic heterocycles. The molecule has 120 valence electrons. The summed E-state index contributed by atoms with van der Waals surface area (Å²) in [6.45, 7) is 7.05. The fourth-order valence-electron chi connectivity index (χ4n) is 2.65. The van der Waals surface area contributed by atoms with Crippen LogP contribution in [0.5, 0.6) is 11.5 Å². The SMILES string of the molecule is Cc1cccc(C(=O)NC(C)(C)c2ccc3c(c2)OCCO3)c1. The summed E-state index contributed by atoms with van der Waals surface area (Å²) in [5.41, 5.74) is 2.18. The summed E-state index contributed by atoms with van der Waals surface area (Å²) >= 11 is 0. The molecule has 0 radical (unpaired) electrons. The molecule has 0 unspecified atom stereocenters. The lowest BCUT2D eigenvalue weighted by molar-refractivity contribution is 0.0911. The maximum Gasteiger partial charge on any atom is 0.251 e. The van der Waals surface area contributed by atoms with Crippen molar-refractivity contribution in [2.45, 2.75) is 26.3 Å². The summed E-state index contributed by atoms with van der Waals surface area (Å²) in [4.78, 5) is 12.5. The molecule has 0 saturated carbocycles. The molecule has 2 aromatic carbocycles. The molecule has 0 aromatic heterocycles. The summed E-state index contributed by atoms with van der Waals surface area (Å²) in [7, 11) is 0. The Bertz CT molecular complexity index is 737. The van der Waals surface area contributed by atoms with E-state index < -0.39 is 5.54 Å². The molecule has 0 saturated heterocycles. The van der Waals surface area contributed by atoms with Crippen LogP contribution in [0.3, 0.4) is 0 Å². The Balaban J connectivity index is 1.82. The number of fused-ring (bicyclic) bond motifs is 1. The van der Waals surface area contributed by atoms with Crippen LogP contribution >= 0.6 is 0 Å². The third-order valence-corrected chi connectivity index (χ3v) is 3.97. The zero-order valence-corrected chi connectivity index (χ0v) is 13.7.